The molecule has 4 rings (SSSR count). The van der Waals surface area contributed by atoms with E-state index < -0.39 is 0 Å². The van der Waals surface area contributed by atoms with E-state index in [9.17, 15) is 4.79 Å². The minimum atomic E-state index is -0.0910. The molecule has 0 aliphatic heterocycles. The summed E-state index contributed by atoms with van der Waals surface area (Å²) < 4.78 is 13.5. The Morgan fingerprint density at radius 2 is 1.96 bits per heavy atom. The van der Waals surface area contributed by atoms with Gasteiger partial charge in [-0.25, -0.2) is 9.38 Å². The van der Waals surface area contributed by atoms with Crippen LogP contribution in [0.2, 0.25) is 5.02 Å². The molecule has 2 aromatic carbocycles. The van der Waals surface area contributed by atoms with E-state index >= 15 is 0 Å². The lowest BCUT2D eigenvalue weighted by Crippen LogP contribution is -2.22. The lowest BCUT2D eigenvalue weighted by molar-refractivity contribution is 0.288. The first-order valence-electron chi connectivity index (χ1n) is 8.63. The zero-order valence-electron chi connectivity index (χ0n) is 14.9. The molecule has 7 heteroatoms. The Labute approximate surface area is 164 Å². The molecular weight excluding hydrogens is 384 g/mol. The molecule has 0 saturated heterocycles. The Morgan fingerprint density at radius 3 is 2.74 bits per heavy atom. The Hall–Kier alpha value is -2.57. The van der Waals surface area contributed by atoms with Crippen LogP contribution >= 0.6 is 22.9 Å². The summed E-state index contributed by atoms with van der Waals surface area (Å²) in [7, 11) is 0. The number of benzene rings is 2. The van der Waals surface area contributed by atoms with E-state index in [-0.39, 0.29) is 5.56 Å². The van der Waals surface area contributed by atoms with Crippen LogP contribution in [0.1, 0.15) is 19.4 Å². The molecule has 0 bridgehead atoms. The second-order valence-electron chi connectivity index (χ2n) is 5.83. The van der Waals surface area contributed by atoms with Crippen LogP contribution < -0.4 is 19.6 Å². The fourth-order valence-corrected chi connectivity index (χ4v) is 4.24. The predicted octanol–water partition coefficient (Wildman–Crippen LogP) is 3.91. The number of ether oxygens (including phenoxy) is 2. The first kappa shape index (κ1) is 17.8. The highest BCUT2D eigenvalue weighted by atomic mass is 35.5. The monoisotopic (exact) mass is 400 g/mol. The van der Waals surface area contributed by atoms with Gasteiger partial charge < -0.3 is 9.47 Å². The lowest BCUT2D eigenvalue weighted by Gasteiger charge is -2.13. The van der Waals surface area contributed by atoms with Gasteiger partial charge in [0.1, 0.15) is 0 Å². The number of rotatable bonds is 5. The molecule has 0 aliphatic carbocycles. The third kappa shape index (κ3) is 3.15. The summed E-state index contributed by atoms with van der Waals surface area (Å²) in [5.74, 6) is 1.09. The van der Waals surface area contributed by atoms with Crippen LogP contribution in [0.3, 0.4) is 0 Å². The van der Waals surface area contributed by atoms with Gasteiger partial charge >= 0.3 is 0 Å². The fraction of sp³-hybridized carbons (Fsp3) is 0.200. The Kier molecular flexibility index (Phi) is 4.76. The van der Waals surface area contributed by atoms with Crippen molar-refractivity contribution in [2.75, 3.05) is 13.2 Å². The van der Waals surface area contributed by atoms with Crippen LogP contribution in [0.15, 0.2) is 41.2 Å². The molecule has 2 heterocycles. The van der Waals surface area contributed by atoms with E-state index in [1.54, 1.807) is 16.5 Å². The van der Waals surface area contributed by atoms with E-state index in [0.29, 0.717) is 39.2 Å². The summed E-state index contributed by atoms with van der Waals surface area (Å²) in [6.07, 6.45) is 1.81. The molecule has 0 amide bonds. The van der Waals surface area contributed by atoms with Crippen molar-refractivity contribution in [1.29, 1.82) is 0 Å². The van der Waals surface area contributed by atoms with Crippen molar-refractivity contribution in [1.82, 2.24) is 9.38 Å². The second-order valence-corrected chi connectivity index (χ2v) is 7.25. The average molecular weight is 401 g/mol. The van der Waals surface area contributed by atoms with Crippen LogP contribution in [0, 0.1) is 0 Å². The van der Waals surface area contributed by atoms with Crippen molar-refractivity contribution in [2.24, 2.45) is 0 Å². The van der Waals surface area contributed by atoms with Gasteiger partial charge in [-0.2, -0.15) is 0 Å². The normalized spacial score (nSPS) is 12.2. The molecule has 0 N–H and O–H groups in total. The molecule has 0 aliphatic rings. The van der Waals surface area contributed by atoms with Crippen LogP contribution in [0.25, 0.3) is 22.1 Å². The van der Waals surface area contributed by atoms with Crippen LogP contribution in [-0.2, 0) is 0 Å². The molecule has 4 aromatic rings. The highest BCUT2D eigenvalue weighted by Crippen LogP contribution is 2.36. The minimum absolute atomic E-state index is 0.0910. The van der Waals surface area contributed by atoms with Gasteiger partial charge in [-0.3, -0.25) is 4.79 Å². The summed E-state index contributed by atoms with van der Waals surface area (Å²) >= 11 is 7.73. The molecule has 2 aromatic heterocycles. The van der Waals surface area contributed by atoms with Crippen LogP contribution in [0.5, 0.6) is 11.5 Å². The standard InChI is InChI=1S/C20H17ClN2O3S/c1-3-25-16-10-12(9-13(21)18(16)26-4-2)11-17-19(24)23-15-8-6-5-7-14(15)22-20(23)27-17/h5-11H,3-4H2,1-2H3/b17-11-. The quantitative estimate of drug-likeness (QED) is 0.509. The van der Waals surface area contributed by atoms with Gasteiger partial charge in [0.15, 0.2) is 16.5 Å². The summed E-state index contributed by atoms with van der Waals surface area (Å²) in [5, 5.41) is 0.452. The summed E-state index contributed by atoms with van der Waals surface area (Å²) in [4.78, 5) is 18.1. The summed E-state index contributed by atoms with van der Waals surface area (Å²) in [6, 6.07) is 11.2. The summed E-state index contributed by atoms with van der Waals surface area (Å²) in [5.41, 5.74) is 2.31. The minimum Gasteiger partial charge on any atom is -0.490 e. The number of aromatic nitrogens is 2. The third-order valence-corrected chi connectivity index (χ3v) is 5.31. The van der Waals surface area contributed by atoms with Crippen molar-refractivity contribution in [3.63, 3.8) is 0 Å². The number of hydrogen-bond acceptors (Lipinski definition) is 5. The van der Waals surface area contributed by atoms with Crippen molar-refractivity contribution in [3.8, 4) is 11.5 Å². The average Bonchev–Trinajstić information content (AvgIpc) is 3.15. The Morgan fingerprint density at radius 1 is 1.19 bits per heavy atom. The highest BCUT2D eigenvalue weighted by molar-refractivity contribution is 7.15. The molecule has 138 valence electrons. The third-order valence-electron chi connectivity index (χ3n) is 4.06. The molecule has 5 nitrogen and oxygen atoms in total. The second kappa shape index (κ2) is 7.21. The number of thiazole rings is 1. The van der Waals surface area contributed by atoms with Gasteiger partial charge in [-0.1, -0.05) is 35.1 Å². The number of para-hydroxylation sites is 2. The Balaban J connectivity index is 1.88. The maximum Gasteiger partial charge on any atom is 0.274 e. The van der Waals surface area contributed by atoms with E-state index in [0.717, 1.165) is 16.6 Å². The maximum atomic E-state index is 12.9. The Bertz CT molecular complexity index is 1250. The molecule has 0 radical (unpaired) electrons. The van der Waals surface area contributed by atoms with Crippen molar-refractivity contribution in [3.05, 3.63) is 61.9 Å². The van der Waals surface area contributed by atoms with Gasteiger partial charge in [0.25, 0.3) is 5.56 Å². The van der Waals surface area contributed by atoms with Gasteiger partial charge in [0, 0.05) is 0 Å². The molecule has 0 unspecified atom stereocenters. The number of hydrogen-bond donors (Lipinski definition) is 0. The van der Waals surface area contributed by atoms with Crippen molar-refractivity contribution < 1.29 is 9.47 Å². The number of fused-ring (bicyclic) bond motifs is 3. The molecule has 0 spiro atoms. The van der Waals surface area contributed by atoms with Gasteiger partial charge in [-0.05, 0) is 49.8 Å². The molecule has 0 saturated carbocycles. The molecule has 0 fully saturated rings. The smallest absolute Gasteiger partial charge is 0.274 e. The lowest BCUT2D eigenvalue weighted by atomic mass is 10.2. The number of nitrogens with zero attached hydrogens (tertiary/aromatic N) is 2. The van der Waals surface area contributed by atoms with Gasteiger partial charge in [-0.15, -0.1) is 0 Å². The van der Waals surface area contributed by atoms with Crippen molar-refractivity contribution >= 4 is 45.0 Å². The van der Waals surface area contributed by atoms with E-state index in [1.807, 2.05) is 44.2 Å². The first-order chi connectivity index (χ1) is 13.1. The van der Waals surface area contributed by atoms with Crippen molar-refractivity contribution in [2.45, 2.75) is 13.8 Å². The molecular formula is C20H17ClN2O3S. The van der Waals surface area contributed by atoms with Crippen LogP contribution in [0.4, 0.5) is 0 Å². The largest absolute Gasteiger partial charge is 0.490 e. The van der Waals surface area contributed by atoms with Gasteiger partial charge in [0.2, 0.25) is 0 Å². The summed E-state index contributed by atoms with van der Waals surface area (Å²) in [6.45, 7) is 4.77. The van der Waals surface area contributed by atoms with E-state index in [4.69, 9.17) is 21.1 Å². The molecule has 0 atom stereocenters. The highest BCUT2D eigenvalue weighted by Gasteiger charge is 2.13. The zero-order valence-corrected chi connectivity index (χ0v) is 16.4. The predicted molar refractivity (Wildman–Crippen MR) is 109 cm³/mol. The first-order valence-corrected chi connectivity index (χ1v) is 9.82. The number of imidazole rings is 1. The SMILES string of the molecule is CCOc1cc(/C=c2\sc3nc4ccccc4n3c2=O)cc(Cl)c1OCC. The topological polar surface area (TPSA) is 52.8 Å². The zero-order chi connectivity index (χ0) is 19.0. The van der Waals surface area contributed by atoms with Crippen LogP contribution in [-0.4, -0.2) is 22.6 Å². The molecule has 27 heavy (non-hydrogen) atoms. The van der Waals surface area contributed by atoms with E-state index in [1.165, 1.54) is 11.3 Å². The number of halogens is 1. The fourth-order valence-electron chi connectivity index (χ4n) is 2.98. The van der Waals surface area contributed by atoms with E-state index in [2.05, 4.69) is 4.98 Å². The maximum absolute atomic E-state index is 12.9. The van der Waals surface area contributed by atoms with Gasteiger partial charge in [0.05, 0.1) is 33.8 Å².